The van der Waals surface area contributed by atoms with Crippen LogP contribution in [0.15, 0.2) is 0 Å². The largest absolute Gasteiger partial charge is 0.327 e. The van der Waals surface area contributed by atoms with Crippen LogP contribution in [0.1, 0.15) is 12.8 Å². The molecule has 11 heavy (non-hydrogen) atoms. The van der Waals surface area contributed by atoms with Gasteiger partial charge in [0, 0.05) is 28.9 Å². The van der Waals surface area contributed by atoms with Gasteiger partial charge in [-0.05, 0) is 6.42 Å². The van der Waals surface area contributed by atoms with Crippen molar-refractivity contribution in [1.29, 1.82) is 0 Å². The molecule has 0 N–H and O–H groups in total. The molecule has 0 aromatic carbocycles. The predicted octanol–water partition coefficient (Wildman–Crippen LogP) is 2.23. The van der Waals surface area contributed by atoms with Gasteiger partial charge in [-0.25, -0.2) is 8.78 Å². The SMILES string of the molecule is O=C(Br)N1CCCC(F)(F)C1. The molecule has 0 aromatic rings. The molecule has 0 saturated carbocycles. The molecule has 2 nitrogen and oxygen atoms in total. The van der Waals surface area contributed by atoms with Crippen molar-refractivity contribution in [3.63, 3.8) is 0 Å². The van der Waals surface area contributed by atoms with Crippen LogP contribution in [0.5, 0.6) is 0 Å². The normalized spacial score (nSPS) is 23.4. The van der Waals surface area contributed by atoms with Gasteiger partial charge in [0.05, 0.1) is 6.54 Å². The molecule has 1 aliphatic rings. The second kappa shape index (κ2) is 3.05. The second-order valence-electron chi connectivity index (χ2n) is 2.63. The lowest BCUT2D eigenvalue weighted by Gasteiger charge is -2.30. The van der Waals surface area contributed by atoms with Gasteiger partial charge >= 0.3 is 0 Å². The Hall–Kier alpha value is -0.190. The molecule has 1 amide bonds. The summed E-state index contributed by atoms with van der Waals surface area (Å²) < 4.78 is 25.2. The maximum absolute atomic E-state index is 12.6. The molecule has 0 unspecified atom stereocenters. The molecule has 1 heterocycles. The number of carbonyl (C=O) groups is 1. The van der Waals surface area contributed by atoms with Gasteiger partial charge in [0.1, 0.15) is 0 Å². The summed E-state index contributed by atoms with van der Waals surface area (Å²) in [6.45, 7) is -0.0171. The highest BCUT2D eigenvalue weighted by Gasteiger charge is 2.36. The summed E-state index contributed by atoms with van der Waals surface area (Å²) in [6.07, 6.45) is 0.272. The zero-order chi connectivity index (χ0) is 8.48. The Morgan fingerprint density at radius 3 is 2.55 bits per heavy atom. The second-order valence-corrected chi connectivity index (χ2v) is 3.31. The van der Waals surface area contributed by atoms with Crippen molar-refractivity contribution in [3.8, 4) is 0 Å². The topological polar surface area (TPSA) is 20.3 Å². The van der Waals surface area contributed by atoms with Crippen LogP contribution in [0.4, 0.5) is 13.6 Å². The quantitative estimate of drug-likeness (QED) is 0.459. The first kappa shape index (κ1) is 8.90. The number of alkyl halides is 2. The maximum atomic E-state index is 12.6. The third kappa shape index (κ3) is 2.39. The van der Waals surface area contributed by atoms with E-state index < -0.39 is 17.3 Å². The van der Waals surface area contributed by atoms with Gasteiger partial charge in [0.25, 0.3) is 10.7 Å². The Labute approximate surface area is 71.7 Å². The molecule has 0 spiro atoms. The van der Waals surface area contributed by atoms with Gasteiger partial charge in [-0.1, -0.05) is 0 Å². The number of hydrogen-bond donors (Lipinski definition) is 0. The summed E-state index contributed by atoms with van der Waals surface area (Å²) in [7, 11) is 0. The van der Waals surface area contributed by atoms with Crippen LogP contribution in [0, 0.1) is 0 Å². The van der Waals surface area contributed by atoms with E-state index in [0.717, 1.165) is 4.90 Å². The third-order valence-corrected chi connectivity index (χ3v) is 2.14. The van der Waals surface area contributed by atoms with Crippen molar-refractivity contribution < 1.29 is 13.6 Å². The number of hydrogen-bond acceptors (Lipinski definition) is 1. The van der Waals surface area contributed by atoms with Crippen LogP contribution in [-0.4, -0.2) is 28.7 Å². The minimum Gasteiger partial charge on any atom is -0.327 e. The molecule has 64 valence electrons. The molecule has 0 radical (unpaired) electrons. The minimum absolute atomic E-state index is 0.107. The highest BCUT2D eigenvalue weighted by Crippen LogP contribution is 2.27. The van der Waals surface area contributed by atoms with E-state index in [0.29, 0.717) is 13.0 Å². The fraction of sp³-hybridized carbons (Fsp3) is 0.833. The van der Waals surface area contributed by atoms with E-state index in [9.17, 15) is 13.6 Å². The zero-order valence-corrected chi connectivity index (χ0v) is 7.40. The molecular formula is C6H8BrF2NO. The van der Waals surface area contributed by atoms with Crippen LogP contribution < -0.4 is 0 Å². The fourth-order valence-corrected chi connectivity index (χ4v) is 1.42. The number of likely N-dealkylation sites (tertiary alicyclic amines) is 1. The van der Waals surface area contributed by atoms with Crippen LogP contribution >= 0.6 is 15.9 Å². The van der Waals surface area contributed by atoms with Crippen molar-refractivity contribution in [3.05, 3.63) is 0 Å². The predicted molar refractivity (Wildman–Crippen MR) is 40.1 cm³/mol. The summed E-state index contributed by atoms with van der Waals surface area (Å²) in [4.78, 5) is 11.3. The molecule has 1 aliphatic heterocycles. The maximum Gasteiger partial charge on any atom is 0.289 e. The van der Waals surface area contributed by atoms with Crippen LogP contribution in [0.2, 0.25) is 0 Å². The number of nitrogens with zero attached hydrogens (tertiary/aromatic N) is 1. The lowest BCUT2D eigenvalue weighted by atomic mass is 10.1. The Kier molecular flexibility index (Phi) is 2.47. The third-order valence-electron chi connectivity index (χ3n) is 1.64. The molecule has 5 heteroatoms. The summed E-state index contributed by atoms with van der Waals surface area (Å²) in [5.41, 5.74) is 0. The lowest BCUT2D eigenvalue weighted by molar-refractivity contribution is -0.0496. The molecule has 1 saturated heterocycles. The summed E-state index contributed by atoms with van der Waals surface area (Å²) in [5.74, 6) is -2.69. The zero-order valence-electron chi connectivity index (χ0n) is 5.82. The summed E-state index contributed by atoms with van der Waals surface area (Å²) >= 11 is 2.64. The minimum atomic E-state index is -2.69. The van der Waals surface area contributed by atoms with Gasteiger partial charge in [-0.15, -0.1) is 0 Å². The number of halogens is 3. The Bertz CT molecular complexity index is 174. The molecule has 1 rings (SSSR count). The van der Waals surface area contributed by atoms with E-state index in [2.05, 4.69) is 15.9 Å². The van der Waals surface area contributed by atoms with Crippen LogP contribution in [0.25, 0.3) is 0 Å². The standard InChI is InChI=1S/C6H8BrF2NO/c7-5(11)10-3-1-2-6(8,9)4-10/h1-4H2. The van der Waals surface area contributed by atoms with Gasteiger partial charge in [-0.2, -0.15) is 0 Å². The van der Waals surface area contributed by atoms with Crippen LogP contribution in [0.3, 0.4) is 0 Å². The number of piperidine rings is 1. The molecule has 0 aromatic heterocycles. The lowest BCUT2D eigenvalue weighted by Crippen LogP contribution is -2.43. The molecule has 1 fully saturated rings. The summed E-state index contributed by atoms with van der Waals surface area (Å²) in [6, 6.07) is 0. The molecule has 0 atom stereocenters. The average Bonchev–Trinajstić information content (AvgIpc) is 1.85. The molecule has 0 aliphatic carbocycles. The van der Waals surface area contributed by atoms with Crippen LogP contribution in [-0.2, 0) is 0 Å². The molecule has 0 bridgehead atoms. The van der Waals surface area contributed by atoms with E-state index in [1.165, 1.54) is 0 Å². The Morgan fingerprint density at radius 2 is 2.18 bits per heavy atom. The highest BCUT2D eigenvalue weighted by atomic mass is 79.9. The van der Waals surface area contributed by atoms with E-state index in [1.54, 1.807) is 0 Å². The first-order chi connectivity index (χ1) is 5.01. The molecular weight excluding hydrogens is 220 g/mol. The monoisotopic (exact) mass is 227 g/mol. The number of rotatable bonds is 0. The van der Waals surface area contributed by atoms with Crippen molar-refractivity contribution >= 4 is 20.7 Å². The van der Waals surface area contributed by atoms with Gasteiger partial charge in [0.2, 0.25) is 0 Å². The van der Waals surface area contributed by atoms with E-state index >= 15 is 0 Å². The van der Waals surface area contributed by atoms with E-state index in [-0.39, 0.29) is 6.42 Å². The smallest absolute Gasteiger partial charge is 0.289 e. The summed E-state index contributed by atoms with van der Waals surface area (Å²) in [5, 5.41) is 0. The number of carbonyl (C=O) groups excluding carboxylic acids is 1. The van der Waals surface area contributed by atoms with Crippen molar-refractivity contribution in [2.24, 2.45) is 0 Å². The highest BCUT2D eigenvalue weighted by molar-refractivity contribution is 9.18. The van der Waals surface area contributed by atoms with Gasteiger partial charge < -0.3 is 4.90 Å². The first-order valence-corrected chi connectivity index (χ1v) is 4.13. The number of amides is 1. The fourth-order valence-electron chi connectivity index (χ4n) is 1.12. The average molecular weight is 228 g/mol. The van der Waals surface area contributed by atoms with E-state index in [4.69, 9.17) is 0 Å². The van der Waals surface area contributed by atoms with E-state index in [1.807, 2.05) is 0 Å². The van der Waals surface area contributed by atoms with Crippen molar-refractivity contribution in [2.75, 3.05) is 13.1 Å². The van der Waals surface area contributed by atoms with Gasteiger partial charge in [-0.3, -0.25) is 4.79 Å². The Balaban J connectivity index is 2.53. The first-order valence-electron chi connectivity index (χ1n) is 3.33. The van der Waals surface area contributed by atoms with Crippen molar-refractivity contribution in [1.82, 2.24) is 4.90 Å². The van der Waals surface area contributed by atoms with Gasteiger partial charge in [0.15, 0.2) is 0 Å². The Morgan fingerprint density at radius 1 is 1.55 bits per heavy atom. The van der Waals surface area contributed by atoms with Crippen molar-refractivity contribution in [2.45, 2.75) is 18.8 Å².